The first kappa shape index (κ1) is 64.0. The molecule has 2 aliphatic rings. The van der Waals surface area contributed by atoms with Gasteiger partial charge in [-0.2, -0.15) is 37.3 Å². The summed E-state index contributed by atoms with van der Waals surface area (Å²) in [6, 6.07) is 42.3. The number of para-hydroxylation sites is 4. The third kappa shape index (κ3) is 17.7. The molecule has 0 atom stereocenters. The van der Waals surface area contributed by atoms with Crippen molar-refractivity contribution in [2.75, 3.05) is 22.9 Å². The normalized spacial score (nSPS) is 15.4. The highest BCUT2D eigenvalue weighted by Crippen LogP contribution is 2.48. The predicted molar refractivity (Wildman–Crippen MR) is 329 cm³/mol. The number of benzene rings is 6. The maximum absolute atomic E-state index is 11.9. The molecule has 17 heteroatoms. The number of nitrogens with zero attached hydrogens (tertiary/aromatic N) is 6. The summed E-state index contributed by atoms with van der Waals surface area (Å²) < 4.78 is 72.1. The van der Waals surface area contributed by atoms with Gasteiger partial charge in [-0.3, -0.25) is 9.11 Å². The van der Waals surface area contributed by atoms with E-state index in [9.17, 15) is 25.9 Å². The van der Waals surface area contributed by atoms with Crippen LogP contribution in [0.1, 0.15) is 140 Å². The highest BCUT2D eigenvalue weighted by Gasteiger charge is 2.40. The Hall–Kier alpha value is -6.20. The molecule has 0 bridgehead atoms. The Morgan fingerprint density at radius 3 is 1.36 bits per heavy atom. The molecular weight excluding hydrogens is 1100 g/mol. The number of aryl methyl sites for hydroxylation is 1. The number of rotatable bonds is 23. The highest BCUT2D eigenvalue weighted by molar-refractivity contribution is 7.86. The smallest absolute Gasteiger partial charge is 0.298 e. The Labute approximate surface area is 491 Å². The monoisotopic (exact) mass is 1180 g/mol. The molecule has 13 nitrogen and oxygen atoms in total. The molecule has 0 fully saturated rings. The van der Waals surface area contributed by atoms with Gasteiger partial charge in [0, 0.05) is 56.7 Å². The lowest BCUT2D eigenvalue weighted by molar-refractivity contribution is 0.429. The van der Waals surface area contributed by atoms with E-state index >= 15 is 0 Å². The summed E-state index contributed by atoms with van der Waals surface area (Å²) in [5.41, 5.74) is 10.2. The first-order chi connectivity index (χ1) is 38.7. The molecule has 0 spiro atoms. The van der Waals surface area contributed by atoms with Gasteiger partial charge >= 0.3 is 0 Å². The third-order valence-electron chi connectivity index (χ3n) is 14.6. The van der Waals surface area contributed by atoms with Crippen molar-refractivity contribution in [2.24, 2.45) is 20.5 Å². The Morgan fingerprint density at radius 2 is 0.914 bits per heavy atom. The number of azo groups is 2. The van der Waals surface area contributed by atoms with E-state index in [2.05, 4.69) is 127 Å². The van der Waals surface area contributed by atoms with Crippen molar-refractivity contribution in [2.45, 2.75) is 153 Å². The van der Waals surface area contributed by atoms with Gasteiger partial charge in [0.2, 0.25) is 0 Å². The molecule has 0 aromatic heterocycles. The number of anilines is 2. The van der Waals surface area contributed by atoms with Crippen molar-refractivity contribution in [3.63, 3.8) is 0 Å². The van der Waals surface area contributed by atoms with Crippen LogP contribution < -0.4 is 14.5 Å². The molecule has 0 saturated heterocycles. The summed E-state index contributed by atoms with van der Waals surface area (Å²) in [7, 11) is -9.20. The molecule has 81 heavy (non-hydrogen) atoms. The zero-order chi connectivity index (χ0) is 58.6. The van der Waals surface area contributed by atoms with Crippen molar-refractivity contribution >= 4 is 54.8 Å². The van der Waals surface area contributed by atoms with E-state index in [4.69, 9.17) is 27.9 Å². The van der Waals surface area contributed by atoms with E-state index in [1.807, 2.05) is 60.9 Å². The van der Waals surface area contributed by atoms with Gasteiger partial charge in [-0.1, -0.05) is 201 Å². The molecule has 8 rings (SSSR count). The number of allylic oxidation sites excluding steroid dienone is 2. The average Bonchev–Trinajstić information content (AvgIpc) is 3.82. The van der Waals surface area contributed by atoms with E-state index in [1.165, 1.54) is 103 Å². The molecule has 0 unspecified atom stereocenters. The second kappa shape index (κ2) is 30.2. The minimum atomic E-state index is -4.61. The summed E-state index contributed by atoms with van der Waals surface area (Å²) >= 11 is 11.8. The van der Waals surface area contributed by atoms with E-state index < -0.39 is 30.0 Å². The van der Waals surface area contributed by atoms with Crippen LogP contribution in [-0.4, -0.2) is 39.0 Å². The lowest BCUT2D eigenvalue weighted by Crippen LogP contribution is -2.25. The fourth-order valence-corrected chi connectivity index (χ4v) is 11.7. The molecule has 0 radical (unpaired) electrons. The van der Waals surface area contributed by atoms with E-state index in [1.54, 1.807) is 6.07 Å². The summed E-state index contributed by atoms with van der Waals surface area (Å²) in [6.07, 6.45) is 15.9. The molecule has 2 N–H and O–H groups in total. The number of hydrogen-bond donors (Lipinski definition) is 2. The minimum Gasteiger partial charge on any atom is -0.454 e. The van der Waals surface area contributed by atoms with Crippen LogP contribution in [0.2, 0.25) is 10.0 Å². The third-order valence-corrected chi connectivity index (χ3v) is 16.8. The number of likely N-dealkylation sites (N-methyl/N-ethyl adjacent to an activating group) is 2. The van der Waals surface area contributed by atoms with Gasteiger partial charge in [0.15, 0.2) is 5.75 Å². The Balaban J connectivity index is 0.000000199. The summed E-state index contributed by atoms with van der Waals surface area (Å²) in [6.45, 7) is 18.4. The van der Waals surface area contributed by atoms with Gasteiger partial charge in [0.05, 0.1) is 25.5 Å². The van der Waals surface area contributed by atoms with Gasteiger partial charge in [0.1, 0.15) is 15.5 Å². The lowest BCUT2D eigenvalue weighted by atomic mass is 9.84. The Kier molecular flexibility index (Phi) is 23.9. The first-order valence-electron chi connectivity index (χ1n) is 27.9. The fourth-order valence-electron chi connectivity index (χ4n) is 10.2. The van der Waals surface area contributed by atoms with Gasteiger partial charge in [-0.25, -0.2) is 0 Å². The standard InChI is InChI=1S/C24H34O7S2.2C20H22ClN3/c1-2-3-4-5-6-7-8-9-10-11-15-20-16-14-19-23(33(28,29)30)24(20)31-21-17-12-13-18-22(21)32(25,26)27;2*1-4-24-18-8-6-5-7-17(18)20(2,3)19(24)14-23-22-13-15-9-11-16(21)12-10-15/h12-14,16-19H,2-11,15H2,1H3,(H,25,26,27)(H,28,29,30);2*5-12,14H,4,13H2,1-3H3. The minimum absolute atomic E-state index is 0.0636. The van der Waals surface area contributed by atoms with Crippen LogP contribution in [0.3, 0.4) is 0 Å². The number of halogens is 2. The number of unbranched alkanes of at least 4 members (excludes halogenated alkanes) is 9. The first-order valence-corrected chi connectivity index (χ1v) is 31.6. The van der Waals surface area contributed by atoms with E-state index in [-0.39, 0.29) is 22.3 Å². The molecular formula is C64H78Cl2N6O7S2. The summed E-state index contributed by atoms with van der Waals surface area (Å²) in [5.74, 6) is -0.354. The SMILES string of the molecule is CCCCCCCCCCCCc1cccc(S(=O)(=O)O)c1Oc1ccccc1S(=O)(=O)O.CCN1C(=CN=NCc2ccc(Cl)cc2)C(C)(C)c2ccccc21.CCN1C(=CN=NCc2ccc(Cl)cc2)C(C)(C)c2ccccc21. The van der Waals surface area contributed by atoms with Gasteiger partial charge < -0.3 is 14.5 Å². The molecule has 432 valence electrons. The maximum Gasteiger partial charge on any atom is 0.298 e. The lowest BCUT2D eigenvalue weighted by Gasteiger charge is -2.25. The van der Waals surface area contributed by atoms with Crippen LogP contribution in [-0.2, 0) is 50.6 Å². The molecule has 0 saturated carbocycles. The van der Waals surface area contributed by atoms with Crippen LogP contribution in [0.4, 0.5) is 11.4 Å². The van der Waals surface area contributed by atoms with Crippen molar-refractivity contribution in [1.29, 1.82) is 0 Å². The van der Waals surface area contributed by atoms with E-state index in [0.717, 1.165) is 66.0 Å². The number of hydrogen-bond acceptors (Lipinski definition) is 11. The fraction of sp³-hybridized carbons (Fsp3) is 0.375. The second-order valence-electron chi connectivity index (χ2n) is 21.1. The predicted octanol–water partition coefficient (Wildman–Crippen LogP) is 18.3. The largest absolute Gasteiger partial charge is 0.454 e. The quantitative estimate of drug-likeness (QED) is 0.0359. The van der Waals surface area contributed by atoms with Crippen LogP contribution in [0.25, 0.3) is 0 Å². The van der Waals surface area contributed by atoms with Crippen LogP contribution in [0.15, 0.2) is 194 Å². The Morgan fingerprint density at radius 1 is 0.506 bits per heavy atom. The number of ether oxygens (including phenoxy) is 1. The van der Waals surface area contributed by atoms with Crippen molar-refractivity contribution < 1.29 is 30.7 Å². The van der Waals surface area contributed by atoms with Crippen LogP contribution in [0.5, 0.6) is 11.5 Å². The maximum atomic E-state index is 11.9. The topological polar surface area (TPSA) is 174 Å². The summed E-state index contributed by atoms with van der Waals surface area (Å²) in [4.78, 5) is 3.70. The molecule has 0 amide bonds. The second-order valence-corrected chi connectivity index (χ2v) is 24.7. The van der Waals surface area contributed by atoms with Crippen LogP contribution in [0, 0.1) is 0 Å². The number of fused-ring (bicyclic) bond motifs is 2. The Bertz CT molecular complexity index is 3230. The van der Waals surface area contributed by atoms with Crippen molar-refractivity contribution in [3.05, 3.63) is 201 Å². The van der Waals surface area contributed by atoms with Gasteiger partial charge in [-0.15, -0.1) is 0 Å². The van der Waals surface area contributed by atoms with Crippen LogP contribution >= 0.6 is 23.2 Å². The van der Waals surface area contributed by atoms with Crippen molar-refractivity contribution in [1.82, 2.24) is 0 Å². The van der Waals surface area contributed by atoms with Crippen molar-refractivity contribution in [3.8, 4) is 11.5 Å². The van der Waals surface area contributed by atoms with Gasteiger partial charge in [-0.05, 0) is 109 Å². The van der Waals surface area contributed by atoms with Gasteiger partial charge in [0.25, 0.3) is 20.2 Å². The zero-order valence-corrected chi connectivity index (χ0v) is 50.9. The zero-order valence-electron chi connectivity index (χ0n) is 47.7. The molecule has 6 aromatic rings. The molecule has 6 aromatic carbocycles. The average molecular weight is 1180 g/mol. The molecule has 0 aliphatic carbocycles. The van der Waals surface area contributed by atoms with E-state index in [0.29, 0.717) is 25.1 Å². The molecule has 2 heterocycles. The summed E-state index contributed by atoms with van der Waals surface area (Å²) in [5, 5.41) is 18.8. The molecule has 2 aliphatic heterocycles. The highest BCUT2D eigenvalue weighted by atomic mass is 35.5.